The fraction of sp³-hybridized carbons (Fsp3) is 0.267. The van der Waals surface area contributed by atoms with E-state index in [9.17, 15) is 9.59 Å². The van der Waals surface area contributed by atoms with Crippen LogP contribution in [-0.4, -0.2) is 23.3 Å². The zero-order valence-corrected chi connectivity index (χ0v) is 11.9. The van der Waals surface area contributed by atoms with Crippen molar-refractivity contribution in [2.24, 2.45) is 11.8 Å². The Balaban J connectivity index is 1.71. The highest BCUT2D eigenvalue weighted by Gasteiger charge is 2.55. The third-order valence-corrected chi connectivity index (χ3v) is 4.98. The molecule has 2 aliphatic rings. The topological polar surface area (TPSA) is 62.3 Å². The number of amides is 2. The Kier molecular flexibility index (Phi) is 2.87. The van der Waals surface area contributed by atoms with Gasteiger partial charge >= 0.3 is 0 Å². The van der Waals surface area contributed by atoms with Crippen molar-refractivity contribution < 1.29 is 9.59 Å². The highest BCUT2D eigenvalue weighted by molar-refractivity contribution is 7.09. The number of nitrogens with zero attached hydrogens (tertiary/aromatic N) is 2. The molecule has 21 heavy (non-hydrogen) atoms. The summed E-state index contributed by atoms with van der Waals surface area (Å²) in [5.41, 5.74) is 0.653. The van der Waals surface area contributed by atoms with Crippen LogP contribution in [0, 0.1) is 11.8 Å². The van der Waals surface area contributed by atoms with Crippen LogP contribution >= 0.6 is 11.3 Å². The SMILES string of the molecule is O=C1[C@H]2[C@H](CN[C@@H]2c2nccs2)C(=O)N1c1ccccc1. The Labute approximate surface area is 125 Å². The second kappa shape index (κ2) is 4.75. The van der Waals surface area contributed by atoms with Gasteiger partial charge in [-0.1, -0.05) is 18.2 Å². The Morgan fingerprint density at radius 2 is 2.00 bits per heavy atom. The molecule has 0 radical (unpaired) electrons. The number of carbonyl (C=O) groups excluding carboxylic acids is 2. The average molecular weight is 299 g/mol. The van der Waals surface area contributed by atoms with E-state index in [1.165, 1.54) is 16.2 Å². The van der Waals surface area contributed by atoms with E-state index in [4.69, 9.17) is 0 Å². The van der Waals surface area contributed by atoms with E-state index in [2.05, 4.69) is 10.3 Å². The lowest BCUT2D eigenvalue weighted by atomic mass is 9.93. The molecule has 3 atom stereocenters. The van der Waals surface area contributed by atoms with Crippen molar-refractivity contribution in [1.82, 2.24) is 10.3 Å². The number of rotatable bonds is 2. The van der Waals surface area contributed by atoms with Gasteiger partial charge < -0.3 is 5.32 Å². The zero-order chi connectivity index (χ0) is 14.4. The molecule has 106 valence electrons. The first-order valence-electron chi connectivity index (χ1n) is 6.83. The summed E-state index contributed by atoms with van der Waals surface area (Å²) < 4.78 is 0. The van der Waals surface area contributed by atoms with Crippen molar-refractivity contribution in [2.75, 3.05) is 11.4 Å². The highest BCUT2D eigenvalue weighted by Crippen LogP contribution is 2.42. The van der Waals surface area contributed by atoms with Crippen LogP contribution in [0.4, 0.5) is 5.69 Å². The molecule has 1 N–H and O–H groups in total. The van der Waals surface area contributed by atoms with Crippen LogP contribution in [-0.2, 0) is 9.59 Å². The van der Waals surface area contributed by atoms with E-state index in [1.54, 1.807) is 18.3 Å². The highest BCUT2D eigenvalue weighted by atomic mass is 32.1. The number of benzene rings is 1. The Morgan fingerprint density at radius 3 is 2.71 bits per heavy atom. The standard InChI is InChI=1S/C15H13N3O2S/c19-14-10-8-17-12(13-16-6-7-21-13)11(10)15(20)18(14)9-4-2-1-3-5-9/h1-7,10-12,17H,8H2/t10-,11-,12-/m0/s1. The van der Waals surface area contributed by atoms with Gasteiger partial charge in [-0.3, -0.25) is 9.59 Å². The molecule has 5 nitrogen and oxygen atoms in total. The maximum Gasteiger partial charge on any atom is 0.239 e. The molecule has 3 heterocycles. The zero-order valence-electron chi connectivity index (χ0n) is 11.1. The normalized spacial score (nSPS) is 28.2. The number of imide groups is 1. The maximum absolute atomic E-state index is 12.7. The van der Waals surface area contributed by atoms with Crippen LogP contribution in [0.2, 0.25) is 0 Å². The summed E-state index contributed by atoms with van der Waals surface area (Å²) >= 11 is 1.51. The Hall–Kier alpha value is -2.05. The van der Waals surface area contributed by atoms with Crippen molar-refractivity contribution in [3.8, 4) is 0 Å². The molecule has 4 rings (SSSR count). The summed E-state index contributed by atoms with van der Waals surface area (Å²) in [4.78, 5) is 30.9. The average Bonchev–Trinajstić information content (AvgIpc) is 3.20. The van der Waals surface area contributed by atoms with Gasteiger partial charge in [0.1, 0.15) is 5.01 Å². The molecule has 0 aliphatic carbocycles. The monoisotopic (exact) mass is 299 g/mol. The van der Waals surface area contributed by atoms with E-state index in [0.29, 0.717) is 12.2 Å². The Morgan fingerprint density at radius 1 is 1.19 bits per heavy atom. The van der Waals surface area contributed by atoms with Crippen molar-refractivity contribution >= 4 is 28.8 Å². The molecule has 1 aromatic heterocycles. The van der Waals surface area contributed by atoms with E-state index < -0.39 is 0 Å². The number of carbonyl (C=O) groups is 2. The molecule has 0 spiro atoms. The second-order valence-electron chi connectivity index (χ2n) is 5.24. The lowest BCUT2D eigenvalue weighted by Gasteiger charge is -2.18. The smallest absolute Gasteiger partial charge is 0.239 e. The molecule has 2 saturated heterocycles. The first kappa shape index (κ1) is 12.7. The van der Waals surface area contributed by atoms with Crippen molar-refractivity contribution in [3.05, 3.63) is 46.9 Å². The molecule has 6 heteroatoms. The van der Waals surface area contributed by atoms with Gasteiger partial charge in [-0.05, 0) is 12.1 Å². The maximum atomic E-state index is 12.7. The summed E-state index contributed by atoms with van der Waals surface area (Å²) in [5, 5.41) is 6.04. The number of nitrogens with one attached hydrogen (secondary N) is 1. The van der Waals surface area contributed by atoms with Crippen LogP contribution in [0.15, 0.2) is 41.9 Å². The lowest BCUT2D eigenvalue weighted by Crippen LogP contribution is -2.35. The number of hydrogen-bond donors (Lipinski definition) is 1. The predicted octanol–water partition coefficient (Wildman–Crippen LogP) is 1.59. The lowest BCUT2D eigenvalue weighted by molar-refractivity contribution is -0.123. The third-order valence-electron chi connectivity index (χ3n) is 4.13. The van der Waals surface area contributed by atoms with Gasteiger partial charge in [0.25, 0.3) is 0 Å². The van der Waals surface area contributed by atoms with Gasteiger partial charge in [-0.15, -0.1) is 11.3 Å². The molecule has 0 unspecified atom stereocenters. The van der Waals surface area contributed by atoms with Crippen LogP contribution in [0.3, 0.4) is 0 Å². The number of anilines is 1. The van der Waals surface area contributed by atoms with Gasteiger partial charge in [-0.25, -0.2) is 9.88 Å². The summed E-state index contributed by atoms with van der Waals surface area (Å²) in [6, 6.07) is 8.97. The molecule has 2 fully saturated rings. The first-order valence-corrected chi connectivity index (χ1v) is 7.71. The van der Waals surface area contributed by atoms with Gasteiger partial charge in [0.05, 0.1) is 23.6 Å². The fourth-order valence-electron chi connectivity index (χ4n) is 3.18. The number of aromatic nitrogens is 1. The number of thiazole rings is 1. The minimum atomic E-state index is -0.344. The van der Waals surface area contributed by atoms with Crippen molar-refractivity contribution in [3.63, 3.8) is 0 Å². The summed E-state index contributed by atoms with van der Waals surface area (Å²) in [6.45, 7) is 0.531. The number of para-hydroxylation sites is 1. The fourth-order valence-corrected chi connectivity index (χ4v) is 3.94. The summed E-state index contributed by atoms with van der Waals surface area (Å²) in [5.74, 6) is -0.861. The molecule has 0 bridgehead atoms. The van der Waals surface area contributed by atoms with Gasteiger partial charge in [0.15, 0.2) is 0 Å². The molecule has 2 aliphatic heterocycles. The van der Waals surface area contributed by atoms with Crippen molar-refractivity contribution in [1.29, 1.82) is 0 Å². The first-order chi connectivity index (χ1) is 10.3. The van der Waals surface area contributed by atoms with Crippen LogP contribution in [0.25, 0.3) is 0 Å². The van der Waals surface area contributed by atoms with Gasteiger partial charge in [0, 0.05) is 18.1 Å². The minimum Gasteiger partial charge on any atom is -0.306 e. The van der Waals surface area contributed by atoms with Crippen LogP contribution in [0.5, 0.6) is 0 Å². The molecule has 2 amide bonds. The van der Waals surface area contributed by atoms with Crippen LogP contribution < -0.4 is 10.2 Å². The summed E-state index contributed by atoms with van der Waals surface area (Å²) in [6.07, 6.45) is 1.73. The quantitative estimate of drug-likeness (QED) is 0.856. The van der Waals surface area contributed by atoms with Gasteiger partial charge in [-0.2, -0.15) is 0 Å². The predicted molar refractivity (Wildman–Crippen MR) is 78.8 cm³/mol. The third kappa shape index (κ3) is 1.83. The van der Waals surface area contributed by atoms with Crippen LogP contribution in [0.1, 0.15) is 11.0 Å². The largest absolute Gasteiger partial charge is 0.306 e. The molecule has 1 aromatic carbocycles. The summed E-state index contributed by atoms with van der Waals surface area (Å²) in [7, 11) is 0. The number of hydrogen-bond acceptors (Lipinski definition) is 5. The van der Waals surface area contributed by atoms with E-state index in [1.807, 2.05) is 23.6 Å². The molecule has 2 aromatic rings. The molecular weight excluding hydrogens is 286 g/mol. The van der Waals surface area contributed by atoms with E-state index in [0.717, 1.165) is 5.01 Å². The molecular formula is C15H13N3O2S. The van der Waals surface area contributed by atoms with Gasteiger partial charge in [0.2, 0.25) is 11.8 Å². The Bertz CT molecular complexity index is 686. The number of fused-ring (bicyclic) bond motifs is 1. The molecule has 0 saturated carbocycles. The van der Waals surface area contributed by atoms with E-state index in [-0.39, 0.29) is 29.7 Å². The van der Waals surface area contributed by atoms with E-state index >= 15 is 0 Å². The second-order valence-corrected chi connectivity index (χ2v) is 6.16. The van der Waals surface area contributed by atoms with Crippen molar-refractivity contribution in [2.45, 2.75) is 6.04 Å². The minimum absolute atomic E-state index is 0.109.